The molecule has 0 fully saturated rings. The summed E-state index contributed by atoms with van der Waals surface area (Å²) in [6, 6.07) is 8.36. The van der Waals surface area contributed by atoms with E-state index in [1.807, 2.05) is 0 Å². The topological polar surface area (TPSA) is 116 Å². The molecule has 0 bridgehead atoms. The minimum absolute atomic E-state index is 0. The van der Waals surface area contributed by atoms with Crippen molar-refractivity contribution in [1.82, 2.24) is 0 Å². The predicted octanol–water partition coefficient (Wildman–Crippen LogP) is 1.82. The second kappa shape index (κ2) is 23.6. The fraction of sp³-hybridized carbons (Fsp3) is 0.222. The van der Waals surface area contributed by atoms with Crippen LogP contribution in [-0.4, -0.2) is 6.15 Å². The maximum atomic E-state index is 8.12. The number of hydrogen-bond donors (Lipinski definition) is 0. The molecule has 0 heterocycles. The van der Waals surface area contributed by atoms with Crippen molar-refractivity contribution in [2.75, 3.05) is 0 Å². The largest absolute Gasteiger partial charge is 0.373 e. The van der Waals surface area contributed by atoms with E-state index in [2.05, 4.69) is 38.1 Å². The van der Waals surface area contributed by atoms with Crippen LogP contribution in [0.4, 0.5) is 0 Å². The Morgan fingerprint density at radius 1 is 0.938 bits per heavy atom. The van der Waals surface area contributed by atoms with Crippen LogP contribution in [0.15, 0.2) is 24.3 Å². The van der Waals surface area contributed by atoms with E-state index in [0.29, 0.717) is 0 Å². The van der Waals surface area contributed by atoms with Gasteiger partial charge in [0.05, 0.1) is 0 Å². The van der Waals surface area contributed by atoms with Gasteiger partial charge in [-0.05, 0) is 25.0 Å². The van der Waals surface area contributed by atoms with E-state index in [-0.39, 0.29) is 43.9 Å². The van der Waals surface area contributed by atoms with Gasteiger partial charge in [0.15, 0.2) is 0 Å². The average molecular weight is 250 g/mol. The van der Waals surface area contributed by atoms with Gasteiger partial charge in [0, 0.05) is 58.5 Å². The third kappa shape index (κ3) is 18.6. The molecule has 7 heteroatoms. The van der Waals surface area contributed by atoms with Gasteiger partial charge in [-0.15, -0.1) is 0 Å². The summed E-state index contributed by atoms with van der Waals surface area (Å²) in [4.78, 5) is 30.2. The van der Waals surface area contributed by atoms with E-state index in [1.54, 1.807) is 0 Å². The Labute approximate surface area is 123 Å². The molecule has 0 saturated heterocycles. The number of carbonyl (C=O) groups excluding carboxylic acids is 2. The molecule has 16 heavy (non-hydrogen) atoms. The van der Waals surface area contributed by atoms with Crippen molar-refractivity contribution in [3.05, 3.63) is 45.3 Å². The molecule has 6 nitrogen and oxygen atoms in total. The smallest absolute Gasteiger partial charge is 0.186 e. The zero-order valence-electron chi connectivity index (χ0n) is 8.69. The Hall–Kier alpha value is -1.12. The molecule has 1 aromatic carbocycles. The zero-order valence-corrected chi connectivity index (χ0v) is 9.40. The van der Waals surface area contributed by atoms with Gasteiger partial charge >= 0.3 is 6.15 Å². The van der Waals surface area contributed by atoms with Gasteiger partial charge < -0.3 is 0 Å². The Bertz CT molecular complexity index is 290. The first-order valence-corrected chi connectivity index (χ1v) is 3.60. The van der Waals surface area contributed by atoms with E-state index in [4.69, 9.17) is 30.3 Å². The van der Waals surface area contributed by atoms with Gasteiger partial charge in [-0.2, -0.15) is 9.59 Å². The number of benzene rings is 1. The SMILES string of the molecule is Cc1ccccc1C.N#N.O=C=O.O=O.[Ar]. The van der Waals surface area contributed by atoms with Crippen LogP contribution in [0.2, 0.25) is 0 Å². The molecule has 88 valence electrons. The summed E-state index contributed by atoms with van der Waals surface area (Å²) in [5.74, 6) is 0. The summed E-state index contributed by atoms with van der Waals surface area (Å²) in [5.41, 5.74) is 2.74. The van der Waals surface area contributed by atoms with Gasteiger partial charge in [-0.1, -0.05) is 24.3 Å². The number of rotatable bonds is 0. The Morgan fingerprint density at radius 2 is 1.12 bits per heavy atom. The minimum Gasteiger partial charge on any atom is -0.186 e. The predicted molar refractivity (Wildman–Crippen MR) is 51.1 cm³/mol. The number of hydrogen-bond acceptors (Lipinski definition) is 6. The molecule has 0 N–H and O–H groups in total. The van der Waals surface area contributed by atoms with Crippen molar-refractivity contribution in [2.24, 2.45) is 0 Å². The van der Waals surface area contributed by atoms with E-state index in [1.165, 1.54) is 11.1 Å². The van der Waals surface area contributed by atoms with Gasteiger partial charge in [0.25, 0.3) is 0 Å². The van der Waals surface area contributed by atoms with Crippen LogP contribution in [0, 0.1) is 72.3 Å². The van der Waals surface area contributed by atoms with E-state index >= 15 is 0 Å². The summed E-state index contributed by atoms with van der Waals surface area (Å²) in [6.45, 7) is 4.24. The Balaban J connectivity index is -0.0000000778. The summed E-state index contributed by atoms with van der Waals surface area (Å²) >= 11 is 0. The molecule has 0 aliphatic heterocycles. The van der Waals surface area contributed by atoms with Crippen LogP contribution in [-0.2, 0) is 9.59 Å². The number of aryl methyl sites for hydroxylation is 2. The van der Waals surface area contributed by atoms with Crippen LogP contribution in [0.1, 0.15) is 11.1 Å². The standard InChI is InChI=1S/C8H10.CO2.Ar.N2.O2/c1-7-5-3-4-6-8(7)2;2-1-3;;2*1-2/h3-6H,1-2H3;;;;. The van der Waals surface area contributed by atoms with E-state index in [9.17, 15) is 0 Å². The molecular weight excluding hydrogens is 240 g/mol. The third-order valence-corrected chi connectivity index (χ3v) is 1.43. The molecule has 0 atom stereocenters. The van der Waals surface area contributed by atoms with Crippen molar-refractivity contribution in [3.63, 3.8) is 0 Å². The molecule has 1 aromatic rings. The van der Waals surface area contributed by atoms with Crippen LogP contribution in [0.3, 0.4) is 0 Å². The van der Waals surface area contributed by atoms with Gasteiger partial charge in [-0.3, -0.25) is 0 Å². The fourth-order valence-electron chi connectivity index (χ4n) is 0.663. The van der Waals surface area contributed by atoms with Crippen LogP contribution in [0.25, 0.3) is 0 Å². The molecular formula is C9H10ArN2O4. The van der Waals surface area contributed by atoms with Gasteiger partial charge in [0.1, 0.15) is 0 Å². The molecule has 0 unspecified atom stereocenters. The normalized spacial score (nSPS) is 5.50. The minimum atomic E-state index is 0. The molecule has 0 aromatic heterocycles. The summed E-state index contributed by atoms with van der Waals surface area (Å²) < 4.78 is 0. The third-order valence-electron chi connectivity index (χ3n) is 1.43. The van der Waals surface area contributed by atoms with Crippen molar-refractivity contribution in [1.29, 1.82) is 10.8 Å². The number of nitrogens with zero attached hydrogens (tertiary/aromatic N) is 2. The maximum Gasteiger partial charge on any atom is 0.373 e. The first kappa shape index (κ1) is 24.2. The van der Waals surface area contributed by atoms with E-state index in [0.717, 1.165) is 0 Å². The van der Waals surface area contributed by atoms with Crippen molar-refractivity contribution in [2.45, 2.75) is 13.8 Å². The fourth-order valence-corrected chi connectivity index (χ4v) is 0.663. The maximum absolute atomic E-state index is 8.12. The molecule has 0 spiro atoms. The van der Waals surface area contributed by atoms with Crippen molar-refractivity contribution < 1.29 is 47.3 Å². The zero-order chi connectivity index (χ0) is 12.7. The summed E-state index contributed by atoms with van der Waals surface area (Å²) in [5, 5.41) is 12.0. The molecule has 0 aliphatic carbocycles. The first-order chi connectivity index (χ1) is 7.22. The Kier molecular flexibility index (Phi) is 35.7. The van der Waals surface area contributed by atoms with Gasteiger partial charge in [-0.25, -0.2) is 0 Å². The first-order valence-electron chi connectivity index (χ1n) is 3.60. The van der Waals surface area contributed by atoms with Crippen LogP contribution < -0.4 is 0 Å². The van der Waals surface area contributed by atoms with Crippen molar-refractivity contribution in [3.8, 4) is 0 Å². The summed E-state index contributed by atoms with van der Waals surface area (Å²) in [7, 11) is 0. The molecule has 0 aliphatic rings. The molecule has 1 rings (SSSR count). The molecule has 0 amide bonds. The molecule has 0 radical (unpaired) electrons. The Morgan fingerprint density at radius 3 is 1.25 bits per heavy atom. The second-order valence-electron chi connectivity index (χ2n) is 2.17. The van der Waals surface area contributed by atoms with Crippen LogP contribution >= 0.6 is 0 Å². The monoisotopic (exact) mass is 250 g/mol. The quantitative estimate of drug-likeness (QED) is 0.648. The van der Waals surface area contributed by atoms with Crippen molar-refractivity contribution >= 4 is 6.15 Å². The second-order valence-corrected chi connectivity index (χ2v) is 2.17. The van der Waals surface area contributed by atoms with Crippen LogP contribution in [0.5, 0.6) is 0 Å². The van der Waals surface area contributed by atoms with E-state index < -0.39 is 0 Å². The average Bonchev–Trinajstić information content (AvgIpc) is 2.29. The van der Waals surface area contributed by atoms with Gasteiger partial charge in [0.2, 0.25) is 0 Å². The summed E-state index contributed by atoms with van der Waals surface area (Å²) in [6.07, 6.45) is 0.250. The molecule has 0 saturated carbocycles.